The van der Waals surface area contributed by atoms with E-state index in [0.29, 0.717) is 12.6 Å². The minimum Gasteiger partial charge on any atom is -0.295 e. The molecule has 1 aliphatic carbocycles. The molecule has 1 heterocycles. The van der Waals surface area contributed by atoms with Crippen molar-refractivity contribution >= 4 is 0 Å². The van der Waals surface area contributed by atoms with Gasteiger partial charge < -0.3 is 0 Å². The first-order chi connectivity index (χ1) is 6.72. The molecule has 1 unspecified atom stereocenters. The van der Waals surface area contributed by atoms with Crippen molar-refractivity contribution in [1.82, 2.24) is 15.1 Å². The molecule has 4 heteroatoms. The second-order valence-corrected chi connectivity index (χ2v) is 4.07. The summed E-state index contributed by atoms with van der Waals surface area (Å²) in [7, 11) is 0. The Morgan fingerprint density at radius 3 is 3.00 bits per heavy atom. The molecule has 0 spiro atoms. The van der Waals surface area contributed by atoms with E-state index in [0.717, 1.165) is 0 Å². The smallest absolute Gasteiger partial charge is 0.123 e. The van der Waals surface area contributed by atoms with E-state index in [4.69, 9.17) is 5.26 Å². The molecule has 1 atom stereocenters. The van der Waals surface area contributed by atoms with Crippen LogP contribution in [0.5, 0.6) is 0 Å². The monoisotopic (exact) mass is 190 g/mol. The second kappa shape index (κ2) is 3.43. The summed E-state index contributed by atoms with van der Waals surface area (Å²) in [6.45, 7) is 2.53. The van der Waals surface area contributed by atoms with Crippen LogP contribution in [0.25, 0.3) is 0 Å². The van der Waals surface area contributed by atoms with Crippen LogP contribution < -0.4 is 5.32 Å². The normalized spacial score (nSPS) is 20.0. The maximum absolute atomic E-state index is 9.11. The Balaban J connectivity index is 2.01. The van der Waals surface area contributed by atoms with Gasteiger partial charge in [0.1, 0.15) is 5.54 Å². The van der Waals surface area contributed by atoms with E-state index in [1.165, 1.54) is 12.8 Å². The van der Waals surface area contributed by atoms with Gasteiger partial charge in [-0.05, 0) is 25.8 Å². The van der Waals surface area contributed by atoms with Gasteiger partial charge in [-0.2, -0.15) is 10.4 Å². The van der Waals surface area contributed by atoms with E-state index in [1.807, 2.05) is 19.2 Å². The number of nitrogens with one attached hydrogen (secondary N) is 1. The Kier molecular flexibility index (Phi) is 2.26. The number of hydrogen-bond acceptors (Lipinski definition) is 3. The summed E-state index contributed by atoms with van der Waals surface area (Å²) in [5, 5.41) is 16.5. The van der Waals surface area contributed by atoms with Gasteiger partial charge in [-0.3, -0.25) is 10.00 Å². The second-order valence-electron chi connectivity index (χ2n) is 4.07. The van der Waals surface area contributed by atoms with Gasteiger partial charge in [-0.1, -0.05) is 0 Å². The van der Waals surface area contributed by atoms with Crippen LogP contribution in [-0.2, 0) is 6.54 Å². The fourth-order valence-corrected chi connectivity index (χ4v) is 1.51. The van der Waals surface area contributed by atoms with E-state index in [9.17, 15) is 0 Å². The predicted molar refractivity (Wildman–Crippen MR) is 52.4 cm³/mol. The van der Waals surface area contributed by atoms with Gasteiger partial charge in [0.05, 0.1) is 12.6 Å². The van der Waals surface area contributed by atoms with Gasteiger partial charge in [0.15, 0.2) is 0 Å². The first kappa shape index (κ1) is 9.22. The minimum absolute atomic E-state index is 0.493. The zero-order chi connectivity index (χ0) is 10.0. The standard InChI is InChI=1S/C10H14N4/c1-10(7-11,13-9-3-4-9)8-14-6-2-5-12-14/h2,5-6,9,13H,3-4,8H2,1H3. The predicted octanol–water partition coefficient (Wildman–Crippen LogP) is 0.917. The molecule has 0 aliphatic heterocycles. The van der Waals surface area contributed by atoms with Gasteiger partial charge >= 0.3 is 0 Å². The van der Waals surface area contributed by atoms with Gasteiger partial charge in [0.25, 0.3) is 0 Å². The molecule has 1 aromatic rings. The molecule has 1 fully saturated rings. The van der Waals surface area contributed by atoms with Crippen molar-refractivity contribution in [3.8, 4) is 6.07 Å². The zero-order valence-electron chi connectivity index (χ0n) is 8.27. The van der Waals surface area contributed by atoms with Crippen LogP contribution in [-0.4, -0.2) is 21.4 Å². The number of nitrogens with zero attached hydrogens (tertiary/aromatic N) is 3. The third kappa shape index (κ3) is 2.12. The van der Waals surface area contributed by atoms with E-state index in [1.54, 1.807) is 10.9 Å². The Morgan fingerprint density at radius 1 is 1.71 bits per heavy atom. The van der Waals surface area contributed by atoms with Crippen LogP contribution in [0.1, 0.15) is 19.8 Å². The molecular formula is C10H14N4. The average Bonchev–Trinajstić information content (AvgIpc) is 2.81. The quantitative estimate of drug-likeness (QED) is 0.768. The molecule has 74 valence electrons. The van der Waals surface area contributed by atoms with Crippen LogP contribution in [0, 0.1) is 11.3 Å². The summed E-state index contributed by atoms with van der Waals surface area (Å²) in [6, 6.07) is 4.72. The SMILES string of the molecule is CC(C#N)(Cn1cccn1)NC1CC1. The summed E-state index contributed by atoms with van der Waals surface area (Å²) in [4.78, 5) is 0. The molecule has 14 heavy (non-hydrogen) atoms. The first-order valence-corrected chi connectivity index (χ1v) is 4.88. The summed E-state index contributed by atoms with van der Waals surface area (Å²) in [5.74, 6) is 0. The van der Waals surface area contributed by atoms with Crippen molar-refractivity contribution in [2.45, 2.75) is 37.9 Å². The topological polar surface area (TPSA) is 53.6 Å². The lowest BCUT2D eigenvalue weighted by Gasteiger charge is -2.22. The largest absolute Gasteiger partial charge is 0.295 e. The van der Waals surface area contributed by atoms with Gasteiger partial charge in [-0.15, -0.1) is 0 Å². The number of nitriles is 1. The molecule has 0 saturated heterocycles. The Labute approximate surface area is 83.5 Å². The lowest BCUT2D eigenvalue weighted by atomic mass is 10.1. The summed E-state index contributed by atoms with van der Waals surface area (Å²) >= 11 is 0. The highest BCUT2D eigenvalue weighted by atomic mass is 15.3. The number of aromatic nitrogens is 2. The van der Waals surface area contributed by atoms with E-state index in [-0.39, 0.29) is 0 Å². The first-order valence-electron chi connectivity index (χ1n) is 4.88. The molecule has 0 amide bonds. The molecule has 1 aliphatic rings. The number of rotatable bonds is 4. The Hall–Kier alpha value is -1.34. The Bertz CT molecular complexity index is 334. The van der Waals surface area contributed by atoms with Crippen molar-refractivity contribution in [3.63, 3.8) is 0 Å². The van der Waals surface area contributed by atoms with Crippen LogP contribution in [0.4, 0.5) is 0 Å². The van der Waals surface area contributed by atoms with E-state index >= 15 is 0 Å². The molecule has 0 aromatic carbocycles. The summed E-state index contributed by atoms with van der Waals surface area (Å²) in [6.07, 6.45) is 5.99. The molecular weight excluding hydrogens is 176 g/mol. The highest BCUT2D eigenvalue weighted by molar-refractivity contribution is 5.07. The van der Waals surface area contributed by atoms with Crippen molar-refractivity contribution in [1.29, 1.82) is 5.26 Å². The van der Waals surface area contributed by atoms with Crippen molar-refractivity contribution in [2.24, 2.45) is 0 Å². The number of hydrogen-bond donors (Lipinski definition) is 1. The molecule has 1 saturated carbocycles. The van der Waals surface area contributed by atoms with Gasteiger partial charge in [0.2, 0.25) is 0 Å². The minimum atomic E-state index is -0.493. The fraction of sp³-hybridized carbons (Fsp3) is 0.600. The maximum atomic E-state index is 9.11. The van der Waals surface area contributed by atoms with Gasteiger partial charge in [0, 0.05) is 18.4 Å². The lowest BCUT2D eigenvalue weighted by Crippen LogP contribution is -2.46. The zero-order valence-corrected chi connectivity index (χ0v) is 8.27. The Morgan fingerprint density at radius 2 is 2.50 bits per heavy atom. The molecule has 0 radical (unpaired) electrons. The lowest BCUT2D eigenvalue weighted by molar-refractivity contribution is 0.367. The van der Waals surface area contributed by atoms with Crippen LogP contribution in [0.3, 0.4) is 0 Å². The van der Waals surface area contributed by atoms with Crippen LogP contribution in [0.15, 0.2) is 18.5 Å². The molecule has 2 rings (SSSR count). The highest BCUT2D eigenvalue weighted by Gasteiger charge is 2.32. The average molecular weight is 190 g/mol. The molecule has 1 N–H and O–H groups in total. The van der Waals surface area contributed by atoms with Crippen LogP contribution >= 0.6 is 0 Å². The maximum Gasteiger partial charge on any atom is 0.123 e. The van der Waals surface area contributed by atoms with Gasteiger partial charge in [-0.25, -0.2) is 0 Å². The fourth-order valence-electron chi connectivity index (χ4n) is 1.51. The van der Waals surface area contributed by atoms with Crippen molar-refractivity contribution < 1.29 is 0 Å². The third-order valence-electron chi connectivity index (χ3n) is 2.38. The summed E-state index contributed by atoms with van der Waals surface area (Å²) < 4.78 is 1.79. The molecule has 0 bridgehead atoms. The van der Waals surface area contributed by atoms with E-state index < -0.39 is 5.54 Å². The van der Waals surface area contributed by atoms with Crippen molar-refractivity contribution in [3.05, 3.63) is 18.5 Å². The third-order valence-corrected chi connectivity index (χ3v) is 2.38. The summed E-state index contributed by atoms with van der Waals surface area (Å²) in [5.41, 5.74) is -0.493. The molecule has 4 nitrogen and oxygen atoms in total. The van der Waals surface area contributed by atoms with Crippen LogP contribution in [0.2, 0.25) is 0 Å². The highest BCUT2D eigenvalue weighted by Crippen LogP contribution is 2.22. The van der Waals surface area contributed by atoms with E-state index in [2.05, 4.69) is 16.5 Å². The molecule has 1 aromatic heterocycles. The van der Waals surface area contributed by atoms with Crippen molar-refractivity contribution in [2.75, 3.05) is 0 Å².